The molecule has 3 aliphatic rings. The topological polar surface area (TPSA) is 83.8 Å². The third kappa shape index (κ3) is 3.69. The number of nitrogen functional groups attached to an aromatic ring is 1. The molecule has 2 bridgehead atoms. The molecule has 4 heterocycles. The van der Waals surface area contributed by atoms with Crippen LogP contribution in [0.25, 0.3) is 22.5 Å². The average Bonchev–Trinajstić information content (AvgIpc) is 3.32. The first-order chi connectivity index (χ1) is 18.0. The van der Waals surface area contributed by atoms with Gasteiger partial charge in [-0.05, 0) is 56.9 Å². The number of pyridine rings is 1. The van der Waals surface area contributed by atoms with Gasteiger partial charge in [0.05, 0.1) is 17.1 Å². The third-order valence-corrected chi connectivity index (χ3v) is 7.59. The van der Waals surface area contributed by atoms with Gasteiger partial charge in [0.2, 0.25) is 0 Å². The fourth-order valence-corrected chi connectivity index (χ4v) is 5.71. The molecule has 2 aliphatic carbocycles. The zero-order valence-electron chi connectivity index (χ0n) is 20.8. The van der Waals surface area contributed by atoms with E-state index in [2.05, 4.69) is 23.0 Å². The quantitative estimate of drug-likeness (QED) is 0.376. The first-order valence-electron chi connectivity index (χ1n) is 12.8. The predicted molar refractivity (Wildman–Crippen MR) is 138 cm³/mol. The second-order valence-electron chi connectivity index (χ2n) is 10.3. The number of rotatable bonds is 1. The van der Waals surface area contributed by atoms with Crippen LogP contribution in [0.3, 0.4) is 0 Å². The molecule has 4 aromatic rings. The number of halogens is 1. The molecule has 1 unspecified atom stereocenters. The van der Waals surface area contributed by atoms with Gasteiger partial charge in [-0.2, -0.15) is 10.2 Å². The van der Waals surface area contributed by atoms with E-state index in [9.17, 15) is 4.39 Å². The van der Waals surface area contributed by atoms with Crippen molar-refractivity contribution in [2.24, 2.45) is 13.0 Å². The Hall–Kier alpha value is -4.12. The Balaban J connectivity index is 1.49. The number of hydrogen-bond donors (Lipinski definition) is 1. The first-order valence-corrected chi connectivity index (χ1v) is 12.8. The van der Waals surface area contributed by atoms with Crippen molar-refractivity contribution in [3.05, 3.63) is 64.9 Å². The van der Waals surface area contributed by atoms with Crippen LogP contribution in [0.5, 0.6) is 5.75 Å². The molecular formula is C29H27FN6O. The van der Waals surface area contributed by atoms with Crippen LogP contribution < -0.4 is 10.5 Å². The van der Waals surface area contributed by atoms with Crippen LogP contribution in [-0.4, -0.2) is 24.5 Å². The summed E-state index contributed by atoms with van der Waals surface area (Å²) >= 11 is 0. The van der Waals surface area contributed by atoms with E-state index >= 15 is 0 Å². The van der Waals surface area contributed by atoms with Crippen LogP contribution in [0.1, 0.15) is 60.6 Å². The van der Waals surface area contributed by atoms with Gasteiger partial charge in [0, 0.05) is 59.1 Å². The Morgan fingerprint density at radius 1 is 1.16 bits per heavy atom. The molecule has 0 amide bonds. The summed E-state index contributed by atoms with van der Waals surface area (Å²) in [5.41, 5.74) is 13.9. The van der Waals surface area contributed by atoms with Crippen molar-refractivity contribution < 1.29 is 9.13 Å². The molecule has 3 aromatic heterocycles. The van der Waals surface area contributed by atoms with Gasteiger partial charge >= 0.3 is 0 Å². The monoisotopic (exact) mass is 494 g/mol. The van der Waals surface area contributed by atoms with Crippen LogP contribution in [0, 0.1) is 23.6 Å². The molecule has 186 valence electrons. The zero-order valence-corrected chi connectivity index (χ0v) is 20.8. The Morgan fingerprint density at radius 2 is 2.03 bits per heavy atom. The molecule has 8 heteroatoms. The van der Waals surface area contributed by atoms with Crippen LogP contribution >= 0.6 is 0 Å². The number of aryl methyl sites for hydroxylation is 2. The fourth-order valence-electron chi connectivity index (χ4n) is 5.71. The molecule has 2 N–H and O–H groups in total. The van der Waals surface area contributed by atoms with Gasteiger partial charge in [0.1, 0.15) is 18.5 Å². The second kappa shape index (κ2) is 8.20. The number of hydrogen-bond acceptors (Lipinski definition) is 5. The van der Waals surface area contributed by atoms with Crippen LogP contribution in [0.15, 0.2) is 36.7 Å². The average molecular weight is 495 g/mol. The van der Waals surface area contributed by atoms with Crippen molar-refractivity contribution in [3.8, 4) is 40.1 Å². The summed E-state index contributed by atoms with van der Waals surface area (Å²) in [4.78, 5) is 4.48. The van der Waals surface area contributed by atoms with Gasteiger partial charge in [-0.15, -0.1) is 0 Å². The number of nitrogens with zero attached hydrogens (tertiary/aromatic N) is 5. The first kappa shape index (κ1) is 22.1. The van der Waals surface area contributed by atoms with E-state index < -0.39 is 6.10 Å². The maximum atomic E-state index is 14.5. The molecule has 0 radical (unpaired) electrons. The molecule has 1 aromatic carbocycles. The molecule has 7 rings (SSSR count). The summed E-state index contributed by atoms with van der Waals surface area (Å²) in [5, 5.41) is 9.88. The van der Waals surface area contributed by atoms with Gasteiger partial charge in [-0.25, -0.2) is 9.37 Å². The minimum absolute atomic E-state index is 0.0911. The molecule has 1 saturated carbocycles. The van der Waals surface area contributed by atoms with Crippen molar-refractivity contribution in [1.82, 2.24) is 24.5 Å². The minimum Gasteiger partial charge on any atom is -0.482 e. The summed E-state index contributed by atoms with van der Waals surface area (Å²) in [6.45, 7) is 2.42. The predicted octanol–water partition coefficient (Wildman–Crippen LogP) is 5.01. The normalized spacial score (nSPS) is 19.4. The largest absolute Gasteiger partial charge is 0.482 e. The van der Waals surface area contributed by atoms with Crippen molar-refractivity contribution in [2.75, 3.05) is 5.73 Å². The summed E-state index contributed by atoms with van der Waals surface area (Å²) < 4.78 is 24.7. The Kier molecular flexibility index (Phi) is 4.90. The lowest BCUT2D eigenvalue weighted by Crippen LogP contribution is -2.11. The summed E-state index contributed by atoms with van der Waals surface area (Å²) in [5.74, 6) is 7.75. The molecular weight excluding hydrogens is 467 g/mol. The van der Waals surface area contributed by atoms with Crippen molar-refractivity contribution in [3.63, 3.8) is 0 Å². The number of benzene rings is 1. The lowest BCUT2D eigenvalue weighted by atomic mass is 9.88. The second-order valence-corrected chi connectivity index (χ2v) is 10.3. The molecule has 2 atom stereocenters. The molecule has 0 spiro atoms. The summed E-state index contributed by atoms with van der Waals surface area (Å²) in [6.07, 6.45) is 7.56. The molecule has 7 nitrogen and oxygen atoms in total. The molecule has 1 fully saturated rings. The fraction of sp³-hybridized carbons (Fsp3) is 0.345. The Morgan fingerprint density at radius 3 is 2.86 bits per heavy atom. The smallest absolute Gasteiger partial charge is 0.166 e. The number of aromatic nitrogens is 5. The number of ether oxygens (including phenoxy) is 1. The van der Waals surface area contributed by atoms with E-state index in [4.69, 9.17) is 20.7 Å². The number of fused-ring (bicyclic) bond motifs is 7. The minimum atomic E-state index is -0.479. The van der Waals surface area contributed by atoms with Gasteiger partial charge in [0.25, 0.3) is 0 Å². The van der Waals surface area contributed by atoms with Gasteiger partial charge in [-0.3, -0.25) is 9.36 Å². The SMILES string of the molecule is C[C@H]1Oc2cc(cnc2N)-c2c3c(nn2CC#CC2CC2)CCC3c2cn(C)nc2-c2ccc(F)cc21. The van der Waals surface area contributed by atoms with Crippen LogP contribution in [0.4, 0.5) is 10.2 Å². The molecule has 0 saturated heterocycles. The highest BCUT2D eigenvalue weighted by atomic mass is 19.1. The van der Waals surface area contributed by atoms with E-state index in [0.29, 0.717) is 18.2 Å². The summed E-state index contributed by atoms with van der Waals surface area (Å²) in [6, 6.07) is 6.74. The van der Waals surface area contributed by atoms with Crippen molar-refractivity contribution in [2.45, 2.75) is 51.2 Å². The maximum absolute atomic E-state index is 14.5. The standard InChI is InChI=1S/C29H27FN6O/c1-16-22-13-19(30)7-8-21(22)27-23(15-35(2)34-27)20-9-10-24-26(20)28(18-12-25(37-16)29(31)32-14-18)36(33-24)11-3-4-17-5-6-17/h7-8,12-17,20H,5-6,9-11H2,1-2H3,(H2,31,32)/t16-,20?/m1/s1. The van der Waals surface area contributed by atoms with E-state index in [1.807, 2.05) is 29.4 Å². The number of nitrogens with two attached hydrogens (primary N) is 1. The Bertz CT molecular complexity index is 1620. The van der Waals surface area contributed by atoms with E-state index in [1.165, 1.54) is 30.5 Å². The van der Waals surface area contributed by atoms with Gasteiger partial charge in [-0.1, -0.05) is 11.8 Å². The van der Waals surface area contributed by atoms with E-state index in [-0.39, 0.29) is 17.6 Å². The third-order valence-electron chi connectivity index (χ3n) is 7.59. The lowest BCUT2D eigenvalue weighted by Gasteiger charge is -2.22. The van der Waals surface area contributed by atoms with Crippen molar-refractivity contribution >= 4 is 5.82 Å². The highest BCUT2D eigenvalue weighted by Gasteiger charge is 2.36. The Labute approximate surface area is 214 Å². The summed E-state index contributed by atoms with van der Waals surface area (Å²) in [7, 11) is 1.93. The number of anilines is 1. The highest BCUT2D eigenvalue weighted by Crippen LogP contribution is 2.48. The van der Waals surface area contributed by atoms with E-state index in [0.717, 1.165) is 52.2 Å². The molecule has 1 aliphatic heterocycles. The highest BCUT2D eigenvalue weighted by molar-refractivity contribution is 5.74. The lowest BCUT2D eigenvalue weighted by molar-refractivity contribution is 0.227. The maximum Gasteiger partial charge on any atom is 0.166 e. The van der Waals surface area contributed by atoms with E-state index in [1.54, 1.807) is 12.3 Å². The van der Waals surface area contributed by atoms with Crippen LogP contribution in [0.2, 0.25) is 0 Å². The van der Waals surface area contributed by atoms with Crippen molar-refractivity contribution in [1.29, 1.82) is 0 Å². The van der Waals surface area contributed by atoms with Gasteiger partial charge in [0.15, 0.2) is 11.6 Å². The molecule has 37 heavy (non-hydrogen) atoms. The van der Waals surface area contributed by atoms with Crippen LogP contribution in [-0.2, 0) is 20.0 Å². The van der Waals surface area contributed by atoms with Gasteiger partial charge < -0.3 is 10.5 Å². The zero-order chi connectivity index (χ0) is 25.3.